The molecule has 3 nitrogen and oxygen atoms in total. The van der Waals surface area contributed by atoms with E-state index >= 15 is 0 Å². The average Bonchev–Trinajstić information content (AvgIpc) is 2.80. The molecule has 3 aliphatic rings. The lowest BCUT2D eigenvalue weighted by Crippen LogP contribution is -2.49. The summed E-state index contributed by atoms with van der Waals surface area (Å²) in [5.41, 5.74) is 2.41. The molecule has 3 heteroatoms. The highest BCUT2D eigenvalue weighted by Gasteiger charge is 2.52. The standard InChI is InChI=1S/C21H32O3/c1-13-6-7-19-20(2,3)8-5-9-21(19,4)16(13)12-18(24)15-10-14(22)11-17(15)23/h6,10,16-19,23-24H,5,7-9,11-12H2,1-4H3. The minimum atomic E-state index is -0.799. The smallest absolute Gasteiger partial charge is 0.158 e. The molecule has 0 aromatic carbocycles. The van der Waals surface area contributed by atoms with Crippen LogP contribution in [0, 0.1) is 22.7 Å². The Hall–Kier alpha value is -0.930. The van der Waals surface area contributed by atoms with Crippen LogP contribution in [0.2, 0.25) is 0 Å². The SMILES string of the molecule is CC1=CCC2C(C)(C)CCCC2(C)C1CC(O)C1=CC(=O)CC1O. The zero-order chi connectivity index (χ0) is 17.7. The normalized spacial score (nSPS) is 39.9. The van der Waals surface area contributed by atoms with Crippen LogP contribution in [0.25, 0.3) is 0 Å². The number of hydrogen-bond donors (Lipinski definition) is 2. The summed E-state index contributed by atoms with van der Waals surface area (Å²) in [6.07, 6.45) is 7.88. The molecule has 0 aromatic heterocycles. The summed E-state index contributed by atoms with van der Waals surface area (Å²) in [7, 11) is 0. The Labute approximate surface area is 145 Å². The van der Waals surface area contributed by atoms with Crippen molar-refractivity contribution in [2.45, 2.75) is 78.4 Å². The highest BCUT2D eigenvalue weighted by Crippen LogP contribution is 2.60. The molecular formula is C21H32O3. The summed E-state index contributed by atoms with van der Waals surface area (Å²) in [4.78, 5) is 11.5. The fourth-order valence-corrected chi connectivity index (χ4v) is 5.92. The van der Waals surface area contributed by atoms with Crippen LogP contribution in [-0.4, -0.2) is 28.2 Å². The number of carbonyl (C=O) groups is 1. The topological polar surface area (TPSA) is 57.5 Å². The van der Waals surface area contributed by atoms with Crippen molar-refractivity contribution in [1.82, 2.24) is 0 Å². The predicted octanol–water partition coefficient (Wildman–Crippen LogP) is 3.80. The van der Waals surface area contributed by atoms with Crippen LogP contribution in [0.5, 0.6) is 0 Å². The third-order valence-electron chi connectivity index (χ3n) is 7.25. The Morgan fingerprint density at radius 3 is 2.62 bits per heavy atom. The number of fused-ring (bicyclic) bond motifs is 1. The molecular weight excluding hydrogens is 300 g/mol. The molecule has 1 fully saturated rings. The van der Waals surface area contributed by atoms with Gasteiger partial charge in [-0.1, -0.05) is 38.8 Å². The van der Waals surface area contributed by atoms with Gasteiger partial charge < -0.3 is 10.2 Å². The summed E-state index contributed by atoms with van der Waals surface area (Å²) >= 11 is 0. The molecule has 3 aliphatic carbocycles. The maximum atomic E-state index is 11.5. The molecule has 24 heavy (non-hydrogen) atoms. The quantitative estimate of drug-likeness (QED) is 0.773. The first-order valence-corrected chi connectivity index (χ1v) is 9.42. The number of aliphatic hydroxyl groups is 2. The first-order valence-electron chi connectivity index (χ1n) is 9.42. The summed E-state index contributed by atoms with van der Waals surface area (Å²) in [5.74, 6) is 0.869. The number of hydrogen-bond acceptors (Lipinski definition) is 3. The van der Waals surface area contributed by atoms with Crippen molar-refractivity contribution in [2.75, 3.05) is 0 Å². The van der Waals surface area contributed by atoms with Crippen LogP contribution in [0.1, 0.15) is 66.2 Å². The van der Waals surface area contributed by atoms with Crippen molar-refractivity contribution < 1.29 is 15.0 Å². The van der Waals surface area contributed by atoms with E-state index in [0.29, 0.717) is 29.2 Å². The first kappa shape index (κ1) is 17.9. The number of allylic oxidation sites excluding steroid dienone is 3. The monoisotopic (exact) mass is 332 g/mol. The van der Waals surface area contributed by atoms with E-state index in [0.717, 1.165) is 6.42 Å². The molecule has 0 radical (unpaired) electrons. The van der Waals surface area contributed by atoms with Gasteiger partial charge in [0.2, 0.25) is 0 Å². The van der Waals surface area contributed by atoms with Crippen molar-refractivity contribution in [3.8, 4) is 0 Å². The Kier molecular flexibility index (Phi) is 4.55. The van der Waals surface area contributed by atoms with Crippen molar-refractivity contribution in [2.24, 2.45) is 22.7 Å². The zero-order valence-corrected chi connectivity index (χ0v) is 15.5. The van der Waals surface area contributed by atoms with Gasteiger partial charge in [0.05, 0.1) is 12.2 Å². The summed E-state index contributed by atoms with van der Waals surface area (Å²) in [5, 5.41) is 20.8. The third kappa shape index (κ3) is 2.90. The van der Waals surface area contributed by atoms with E-state index < -0.39 is 12.2 Å². The molecule has 0 heterocycles. The Balaban J connectivity index is 1.86. The molecule has 2 N–H and O–H groups in total. The Bertz CT molecular complexity index is 586. The molecule has 0 aromatic rings. The second kappa shape index (κ2) is 6.10. The van der Waals surface area contributed by atoms with Crippen molar-refractivity contribution >= 4 is 5.78 Å². The van der Waals surface area contributed by atoms with Crippen LogP contribution >= 0.6 is 0 Å². The van der Waals surface area contributed by atoms with E-state index in [1.54, 1.807) is 0 Å². The summed E-state index contributed by atoms with van der Waals surface area (Å²) < 4.78 is 0. The molecule has 0 aliphatic heterocycles. The second-order valence-corrected chi connectivity index (χ2v) is 9.22. The lowest BCUT2D eigenvalue weighted by Gasteiger charge is -2.57. The van der Waals surface area contributed by atoms with E-state index in [1.165, 1.54) is 30.9 Å². The van der Waals surface area contributed by atoms with E-state index in [4.69, 9.17) is 0 Å². The fraction of sp³-hybridized carbons (Fsp3) is 0.762. The zero-order valence-electron chi connectivity index (χ0n) is 15.5. The minimum Gasteiger partial charge on any atom is -0.389 e. The van der Waals surface area contributed by atoms with Crippen LogP contribution in [0.4, 0.5) is 0 Å². The van der Waals surface area contributed by atoms with Crippen molar-refractivity contribution in [3.05, 3.63) is 23.3 Å². The number of ketones is 1. The molecule has 134 valence electrons. The van der Waals surface area contributed by atoms with Gasteiger partial charge in [-0.05, 0) is 66.9 Å². The summed E-state index contributed by atoms with van der Waals surface area (Å²) in [6, 6.07) is 0. The maximum absolute atomic E-state index is 11.5. The average molecular weight is 332 g/mol. The third-order valence-corrected chi connectivity index (χ3v) is 7.25. The van der Waals surface area contributed by atoms with E-state index in [-0.39, 0.29) is 17.6 Å². The molecule has 0 amide bonds. The van der Waals surface area contributed by atoms with Gasteiger partial charge in [0.15, 0.2) is 5.78 Å². The fourth-order valence-electron chi connectivity index (χ4n) is 5.92. The number of rotatable bonds is 3. The van der Waals surface area contributed by atoms with Crippen LogP contribution in [0.3, 0.4) is 0 Å². The van der Waals surface area contributed by atoms with Gasteiger partial charge in [-0.3, -0.25) is 4.79 Å². The summed E-state index contributed by atoms with van der Waals surface area (Å²) in [6.45, 7) is 9.36. The van der Waals surface area contributed by atoms with E-state index in [1.807, 2.05) is 0 Å². The first-order chi connectivity index (χ1) is 11.1. The van der Waals surface area contributed by atoms with E-state index in [2.05, 4.69) is 33.8 Å². The van der Waals surface area contributed by atoms with Gasteiger partial charge in [-0.25, -0.2) is 0 Å². The highest BCUT2D eigenvalue weighted by molar-refractivity contribution is 5.94. The van der Waals surface area contributed by atoms with Gasteiger partial charge in [-0.15, -0.1) is 0 Å². The van der Waals surface area contributed by atoms with Gasteiger partial charge in [0.25, 0.3) is 0 Å². The lowest BCUT2D eigenvalue weighted by atomic mass is 9.48. The van der Waals surface area contributed by atoms with Crippen molar-refractivity contribution in [1.29, 1.82) is 0 Å². The number of aliphatic hydroxyl groups excluding tert-OH is 2. The molecule has 1 saturated carbocycles. The molecule has 3 rings (SSSR count). The van der Waals surface area contributed by atoms with Gasteiger partial charge in [0.1, 0.15) is 0 Å². The largest absolute Gasteiger partial charge is 0.389 e. The highest BCUT2D eigenvalue weighted by atomic mass is 16.3. The molecule has 5 atom stereocenters. The molecule has 0 spiro atoms. The number of carbonyl (C=O) groups excluding carboxylic acids is 1. The molecule has 0 saturated heterocycles. The minimum absolute atomic E-state index is 0.0738. The molecule has 5 unspecified atom stereocenters. The Morgan fingerprint density at radius 1 is 1.29 bits per heavy atom. The predicted molar refractivity (Wildman–Crippen MR) is 95.4 cm³/mol. The van der Waals surface area contributed by atoms with Gasteiger partial charge >= 0.3 is 0 Å². The van der Waals surface area contributed by atoms with Crippen LogP contribution in [0.15, 0.2) is 23.3 Å². The van der Waals surface area contributed by atoms with Gasteiger partial charge in [-0.2, -0.15) is 0 Å². The van der Waals surface area contributed by atoms with E-state index in [9.17, 15) is 15.0 Å². The molecule has 0 bridgehead atoms. The van der Waals surface area contributed by atoms with Crippen LogP contribution < -0.4 is 0 Å². The second-order valence-electron chi connectivity index (χ2n) is 9.22. The van der Waals surface area contributed by atoms with Crippen molar-refractivity contribution in [3.63, 3.8) is 0 Å². The maximum Gasteiger partial charge on any atom is 0.158 e. The van der Waals surface area contributed by atoms with Crippen LogP contribution in [-0.2, 0) is 4.79 Å². The van der Waals surface area contributed by atoms with Gasteiger partial charge in [0, 0.05) is 6.42 Å². The Morgan fingerprint density at radius 2 is 2.00 bits per heavy atom. The lowest BCUT2D eigenvalue weighted by molar-refractivity contribution is -0.115.